The Morgan fingerprint density at radius 2 is 1.89 bits per heavy atom. The predicted octanol–water partition coefficient (Wildman–Crippen LogP) is 1.21. The zero-order chi connectivity index (χ0) is 20.5. The number of piperidine rings is 1. The Hall–Kier alpha value is -1.97. The average Bonchev–Trinajstić information content (AvgIpc) is 2.87. The summed E-state index contributed by atoms with van der Waals surface area (Å²) in [5.41, 5.74) is 2.06. The number of benzene rings is 1. The molecule has 3 amide bonds. The summed E-state index contributed by atoms with van der Waals surface area (Å²) in [5, 5.41) is 4.49. The fourth-order valence-corrected chi connectivity index (χ4v) is 5.46. The second kappa shape index (κ2) is 7.81. The number of rotatable bonds is 6. The first-order valence-electron chi connectivity index (χ1n) is 9.38. The molecule has 2 saturated heterocycles. The van der Waals surface area contributed by atoms with Crippen molar-refractivity contribution in [2.24, 2.45) is 0 Å². The summed E-state index contributed by atoms with van der Waals surface area (Å²) in [7, 11) is -3.68. The van der Waals surface area contributed by atoms with Crippen molar-refractivity contribution in [1.29, 1.82) is 0 Å². The van der Waals surface area contributed by atoms with Crippen molar-refractivity contribution < 1.29 is 22.7 Å². The maximum absolute atomic E-state index is 12.7. The second-order valence-electron chi connectivity index (χ2n) is 7.84. The van der Waals surface area contributed by atoms with Gasteiger partial charge in [0, 0.05) is 13.1 Å². The van der Waals surface area contributed by atoms with Gasteiger partial charge in [-0.15, -0.1) is 0 Å². The van der Waals surface area contributed by atoms with Gasteiger partial charge in [-0.3, -0.25) is 10.1 Å². The quantitative estimate of drug-likeness (QED) is 0.687. The summed E-state index contributed by atoms with van der Waals surface area (Å²) in [6, 6.07) is 5.58. The predicted molar refractivity (Wildman–Crippen MR) is 104 cm³/mol. The zero-order valence-corrected chi connectivity index (χ0v) is 17.3. The topological polar surface area (TPSA) is 105 Å². The summed E-state index contributed by atoms with van der Waals surface area (Å²) in [6.45, 7) is 6.70. The van der Waals surface area contributed by atoms with E-state index in [-0.39, 0.29) is 6.10 Å². The van der Waals surface area contributed by atoms with Crippen LogP contribution in [0.15, 0.2) is 18.2 Å². The number of imide groups is 1. The summed E-state index contributed by atoms with van der Waals surface area (Å²) in [6.07, 6.45) is 1.19. The molecule has 28 heavy (non-hydrogen) atoms. The molecule has 0 saturated carbocycles. The summed E-state index contributed by atoms with van der Waals surface area (Å²) in [5.74, 6) is -1.07. The third-order valence-corrected chi connectivity index (χ3v) is 7.46. The van der Waals surface area contributed by atoms with Crippen molar-refractivity contribution in [2.45, 2.75) is 51.9 Å². The van der Waals surface area contributed by atoms with Crippen LogP contribution in [0.5, 0.6) is 0 Å². The fraction of sp³-hybridized carbons (Fsp3) is 0.579. The molecule has 2 fully saturated rings. The third-order valence-electron chi connectivity index (χ3n) is 5.36. The van der Waals surface area contributed by atoms with E-state index in [0.717, 1.165) is 5.56 Å². The lowest BCUT2D eigenvalue weighted by Crippen LogP contribution is -2.53. The van der Waals surface area contributed by atoms with Crippen molar-refractivity contribution >= 4 is 22.0 Å². The highest BCUT2D eigenvalue weighted by atomic mass is 32.2. The molecule has 154 valence electrons. The highest BCUT2D eigenvalue weighted by molar-refractivity contribution is 7.89. The zero-order valence-electron chi connectivity index (χ0n) is 16.4. The summed E-state index contributed by atoms with van der Waals surface area (Å²) < 4.78 is 32.8. The van der Waals surface area contributed by atoms with Crippen LogP contribution in [0.25, 0.3) is 0 Å². The van der Waals surface area contributed by atoms with E-state index in [4.69, 9.17) is 4.74 Å². The molecular formula is C19H27N3O5S. The van der Waals surface area contributed by atoms with Gasteiger partial charge in [-0.2, -0.15) is 0 Å². The fourth-order valence-electron chi connectivity index (χ4n) is 3.58. The number of sulfonamides is 1. The van der Waals surface area contributed by atoms with Crippen LogP contribution in [0.2, 0.25) is 0 Å². The number of hydrogen-bond donors (Lipinski definition) is 2. The molecule has 1 atom stereocenters. The van der Waals surface area contributed by atoms with E-state index in [1.54, 1.807) is 0 Å². The summed E-state index contributed by atoms with van der Waals surface area (Å²) >= 11 is 0. The van der Waals surface area contributed by atoms with E-state index in [0.29, 0.717) is 32.5 Å². The molecule has 0 aliphatic carbocycles. The van der Waals surface area contributed by atoms with Crippen LogP contribution in [-0.2, 0) is 26.2 Å². The van der Waals surface area contributed by atoms with Crippen molar-refractivity contribution in [1.82, 2.24) is 14.9 Å². The minimum Gasteiger partial charge on any atom is -0.373 e. The first-order valence-corrected chi connectivity index (χ1v) is 11.0. The van der Waals surface area contributed by atoms with Crippen molar-refractivity contribution in [3.63, 3.8) is 0 Å². The van der Waals surface area contributed by atoms with Gasteiger partial charge in [0.15, 0.2) is 0 Å². The van der Waals surface area contributed by atoms with Gasteiger partial charge < -0.3 is 10.1 Å². The van der Waals surface area contributed by atoms with E-state index >= 15 is 0 Å². The number of ether oxygens (including phenoxy) is 1. The second-order valence-corrected chi connectivity index (χ2v) is 9.80. The molecular weight excluding hydrogens is 382 g/mol. The van der Waals surface area contributed by atoms with Crippen LogP contribution in [0.3, 0.4) is 0 Å². The Morgan fingerprint density at radius 1 is 1.21 bits per heavy atom. The number of aryl methyl sites for hydroxylation is 2. The lowest BCUT2D eigenvalue weighted by atomic mass is 10.1. The lowest BCUT2D eigenvalue weighted by molar-refractivity contribution is -0.122. The Balaban J connectivity index is 1.54. The Bertz CT molecular complexity index is 878. The van der Waals surface area contributed by atoms with Crippen molar-refractivity contribution in [3.05, 3.63) is 34.9 Å². The molecule has 3 rings (SSSR count). The van der Waals surface area contributed by atoms with Gasteiger partial charge in [-0.05, 0) is 44.7 Å². The maximum Gasteiger partial charge on any atom is 0.322 e. The minimum absolute atomic E-state index is 0.00330. The number of amides is 3. The van der Waals surface area contributed by atoms with Gasteiger partial charge in [-0.1, -0.05) is 23.8 Å². The Morgan fingerprint density at radius 3 is 2.50 bits per heavy atom. The van der Waals surface area contributed by atoms with Crippen LogP contribution in [-0.4, -0.2) is 55.1 Å². The van der Waals surface area contributed by atoms with Crippen molar-refractivity contribution in [2.75, 3.05) is 18.8 Å². The van der Waals surface area contributed by atoms with E-state index in [1.807, 2.05) is 13.8 Å². The van der Waals surface area contributed by atoms with Crippen molar-refractivity contribution in [3.8, 4) is 0 Å². The number of nitrogens with zero attached hydrogens (tertiary/aromatic N) is 1. The number of carbonyl (C=O) groups is 2. The van der Waals surface area contributed by atoms with Crippen LogP contribution in [0.4, 0.5) is 4.79 Å². The molecule has 0 bridgehead atoms. The lowest BCUT2D eigenvalue weighted by Gasteiger charge is -2.33. The highest BCUT2D eigenvalue weighted by Crippen LogP contribution is 2.22. The van der Waals surface area contributed by atoms with Gasteiger partial charge >= 0.3 is 6.03 Å². The maximum atomic E-state index is 12.7. The number of urea groups is 1. The number of nitrogens with one attached hydrogen (secondary N) is 2. The third kappa shape index (κ3) is 4.53. The van der Waals surface area contributed by atoms with E-state index < -0.39 is 33.3 Å². The van der Waals surface area contributed by atoms with Crippen LogP contribution >= 0.6 is 0 Å². The first-order chi connectivity index (χ1) is 13.1. The van der Waals surface area contributed by atoms with Crippen LogP contribution in [0.1, 0.15) is 36.5 Å². The minimum atomic E-state index is -3.68. The monoisotopic (exact) mass is 409 g/mol. The van der Waals surface area contributed by atoms with E-state index in [2.05, 4.69) is 28.8 Å². The molecule has 8 nitrogen and oxygen atoms in total. The van der Waals surface area contributed by atoms with Crippen LogP contribution in [0, 0.1) is 13.8 Å². The average molecular weight is 410 g/mol. The van der Waals surface area contributed by atoms with Gasteiger partial charge in [0.05, 0.1) is 18.5 Å². The van der Waals surface area contributed by atoms with E-state index in [9.17, 15) is 18.0 Å². The van der Waals surface area contributed by atoms with Crippen LogP contribution < -0.4 is 10.6 Å². The Kier molecular flexibility index (Phi) is 5.79. The molecule has 1 aromatic rings. The molecule has 0 aromatic heterocycles. The highest BCUT2D eigenvalue weighted by Gasteiger charge is 2.46. The molecule has 1 unspecified atom stereocenters. The molecule has 9 heteroatoms. The molecule has 1 aromatic carbocycles. The van der Waals surface area contributed by atoms with Gasteiger partial charge in [0.25, 0.3) is 5.91 Å². The molecule has 2 N–H and O–H groups in total. The molecule has 2 heterocycles. The van der Waals surface area contributed by atoms with Gasteiger partial charge in [0.2, 0.25) is 10.0 Å². The van der Waals surface area contributed by atoms with Gasteiger partial charge in [-0.25, -0.2) is 17.5 Å². The number of hydrogen-bond acceptors (Lipinski definition) is 5. The van der Waals surface area contributed by atoms with Gasteiger partial charge in [0.1, 0.15) is 5.54 Å². The SMILES string of the molecule is Cc1ccc(C)c(COC2CCN(S(=O)(=O)CC3(C)NC(=O)NC3=O)CC2)c1. The Labute approximate surface area is 165 Å². The van der Waals surface area contributed by atoms with E-state index in [1.165, 1.54) is 22.4 Å². The molecule has 2 aliphatic heterocycles. The standard InChI is InChI=1S/C19H27N3O5S/c1-13-4-5-14(2)15(10-13)11-27-16-6-8-22(9-7-16)28(25,26)12-19(3)17(23)20-18(24)21-19/h4-5,10,16H,6-9,11-12H2,1-3H3,(H2,20,21,23,24). The molecule has 0 spiro atoms. The first kappa shape index (κ1) is 20.8. The number of carbonyl (C=O) groups excluding carboxylic acids is 2. The summed E-state index contributed by atoms with van der Waals surface area (Å²) in [4.78, 5) is 23.2. The smallest absolute Gasteiger partial charge is 0.322 e. The molecule has 0 radical (unpaired) electrons. The largest absolute Gasteiger partial charge is 0.373 e. The molecule has 2 aliphatic rings. The normalized spacial score (nSPS) is 24.2.